The molecule has 0 bridgehead atoms. The van der Waals surface area contributed by atoms with Crippen molar-refractivity contribution in [1.82, 2.24) is 10.6 Å². The number of methoxy groups -OCH3 is 1. The Morgan fingerprint density at radius 3 is 2.23 bits per heavy atom. The Labute approximate surface area is 208 Å². The molecule has 0 fully saturated rings. The molecule has 7 nitrogen and oxygen atoms in total. The SMILES string of the molecule is C=C(CNC(=O)CNC(=O)Cc1ccccc1)N1c2ccccc2CCC1C(=O)OC.CCCC. The summed E-state index contributed by atoms with van der Waals surface area (Å²) in [5.41, 5.74) is 3.46. The van der Waals surface area contributed by atoms with Gasteiger partial charge in [0.2, 0.25) is 11.8 Å². The highest BCUT2D eigenvalue weighted by atomic mass is 16.5. The van der Waals surface area contributed by atoms with E-state index in [2.05, 4.69) is 31.1 Å². The number of hydrogen-bond donors (Lipinski definition) is 2. The summed E-state index contributed by atoms with van der Waals surface area (Å²) in [5, 5.41) is 5.38. The molecule has 0 aromatic heterocycles. The minimum absolute atomic E-state index is 0.129. The predicted molar refractivity (Wildman–Crippen MR) is 139 cm³/mol. The number of para-hydroxylation sites is 1. The van der Waals surface area contributed by atoms with E-state index >= 15 is 0 Å². The van der Waals surface area contributed by atoms with Gasteiger partial charge in [-0.25, -0.2) is 4.79 Å². The average Bonchev–Trinajstić information content (AvgIpc) is 2.90. The summed E-state index contributed by atoms with van der Waals surface area (Å²) >= 11 is 0. The molecule has 3 rings (SSSR count). The van der Waals surface area contributed by atoms with Crippen LogP contribution in [0.2, 0.25) is 0 Å². The summed E-state index contributed by atoms with van der Waals surface area (Å²) in [5.74, 6) is -0.895. The van der Waals surface area contributed by atoms with Gasteiger partial charge in [-0.05, 0) is 30.0 Å². The van der Waals surface area contributed by atoms with E-state index in [-0.39, 0.29) is 37.3 Å². The fourth-order valence-corrected chi connectivity index (χ4v) is 3.67. The lowest BCUT2D eigenvalue weighted by molar-refractivity contribution is -0.142. The molecule has 0 saturated carbocycles. The Balaban J connectivity index is 0.00000100. The highest BCUT2D eigenvalue weighted by Crippen LogP contribution is 2.33. The Morgan fingerprint density at radius 2 is 1.57 bits per heavy atom. The molecule has 1 atom stereocenters. The van der Waals surface area contributed by atoms with Gasteiger partial charge in [-0.3, -0.25) is 9.59 Å². The minimum Gasteiger partial charge on any atom is -0.467 e. The molecule has 2 amide bonds. The summed E-state index contributed by atoms with van der Waals surface area (Å²) in [6.45, 7) is 8.46. The Hall–Kier alpha value is -3.61. The Bertz CT molecular complexity index is 989. The van der Waals surface area contributed by atoms with E-state index in [0.29, 0.717) is 12.1 Å². The van der Waals surface area contributed by atoms with Crippen LogP contribution in [0.25, 0.3) is 0 Å². The molecule has 7 heteroatoms. The first-order valence-corrected chi connectivity index (χ1v) is 12.1. The van der Waals surface area contributed by atoms with Gasteiger partial charge in [0.05, 0.1) is 26.6 Å². The van der Waals surface area contributed by atoms with Crippen LogP contribution in [-0.2, 0) is 32.0 Å². The first kappa shape index (κ1) is 27.6. The molecule has 2 aromatic carbocycles. The van der Waals surface area contributed by atoms with E-state index in [4.69, 9.17) is 4.74 Å². The van der Waals surface area contributed by atoms with Crippen LogP contribution in [0.1, 0.15) is 44.2 Å². The summed E-state index contributed by atoms with van der Waals surface area (Å²) < 4.78 is 4.97. The third kappa shape index (κ3) is 8.59. The molecule has 2 N–H and O–H groups in total. The third-order valence-electron chi connectivity index (χ3n) is 5.71. The van der Waals surface area contributed by atoms with Gasteiger partial charge in [0.25, 0.3) is 0 Å². The molecule has 0 aliphatic carbocycles. The number of amides is 2. The second kappa shape index (κ2) is 14.6. The molecule has 2 aromatic rings. The zero-order chi connectivity index (χ0) is 25.6. The molecule has 0 radical (unpaired) electrons. The second-order valence-electron chi connectivity index (χ2n) is 8.36. The van der Waals surface area contributed by atoms with Crippen molar-refractivity contribution in [3.05, 3.63) is 78.0 Å². The number of carbonyl (C=O) groups excluding carboxylic acids is 3. The van der Waals surface area contributed by atoms with E-state index in [9.17, 15) is 14.4 Å². The zero-order valence-electron chi connectivity index (χ0n) is 21.0. The molecule has 1 unspecified atom stereocenters. The number of fused-ring (bicyclic) bond motifs is 1. The Kier molecular flexibility index (Phi) is 11.5. The summed E-state index contributed by atoms with van der Waals surface area (Å²) in [6, 6.07) is 16.6. The van der Waals surface area contributed by atoms with E-state index < -0.39 is 6.04 Å². The summed E-state index contributed by atoms with van der Waals surface area (Å²) in [4.78, 5) is 38.4. The van der Waals surface area contributed by atoms with Crippen molar-refractivity contribution in [3.63, 3.8) is 0 Å². The molecular formula is C28H37N3O4. The molecule has 0 saturated heterocycles. The van der Waals surface area contributed by atoms with Gasteiger partial charge in [-0.15, -0.1) is 0 Å². The monoisotopic (exact) mass is 479 g/mol. The Morgan fingerprint density at radius 1 is 0.943 bits per heavy atom. The maximum atomic E-state index is 12.3. The number of ether oxygens (including phenoxy) is 1. The third-order valence-corrected chi connectivity index (χ3v) is 5.71. The molecule has 0 spiro atoms. The predicted octanol–water partition coefficient (Wildman–Crippen LogP) is 3.78. The number of hydrogen-bond acceptors (Lipinski definition) is 5. The molecule has 1 aliphatic heterocycles. The van der Waals surface area contributed by atoms with Crippen LogP contribution in [0.3, 0.4) is 0 Å². The van der Waals surface area contributed by atoms with Gasteiger partial charge < -0.3 is 20.3 Å². The number of carbonyl (C=O) groups is 3. The van der Waals surface area contributed by atoms with Crippen LogP contribution >= 0.6 is 0 Å². The van der Waals surface area contributed by atoms with Crippen LogP contribution in [0, 0.1) is 0 Å². The van der Waals surface area contributed by atoms with Gasteiger partial charge in [0, 0.05) is 11.4 Å². The van der Waals surface area contributed by atoms with Gasteiger partial charge in [-0.2, -0.15) is 0 Å². The topological polar surface area (TPSA) is 87.7 Å². The van der Waals surface area contributed by atoms with Crippen LogP contribution in [0.5, 0.6) is 0 Å². The number of anilines is 1. The second-order valence-corrected chi connectivity index (χ2v) is 8.36. The van der Waals surface area contributed by atoms with Crippen LogP contribution in [-0.4, -0.2) is 44.0 Å². The van der Waals surface area contributed by atoms with Crippen molar-refractivity contribution >= 4 is 23.5 Å². The van der Waals surface area contributed by atoms with Crippen molar-refractivity contribution < 1.29 is 19.1 Å². The standard InChI is InChI=1S/C24H27N3O4.C4H10/c1-17(15-25-23(29)16-26-22(28)14-18-8-4-3-5-9-18)27-20-11-7-6-10-19(20)12-13-21(27)24(30)31-2;1-3-4-2/h3-11,21H,1,12-16H2,2H3,(H,25,29)(H,26,28);3-4H2,1-2H3. The van der Waals surface area contributed by atoms with E-state index in [1.54, 1.807) is 0 Å². The van der Waals surface area contributed by atoms with Gasteiger partial charge in [0.1, 0.15) is 6.04 Å². The number of unbranched alkanes of at least 4 members (excludes halogenated alkanes) is 1. The highest BCUT2D eigenvalue weighted by Gasteiger charge is 2.33. The fraction of sp³-hybridized carbons (Fsp3) is 0.393. The van der Waals surface area contributed by atoms with Crippen molar-refractivity contribution in [1.29, 1.82) is 0 Å². The lowest BCUT2D eigenvalue weighted by Crippen LogP contribution is -2.47. The molecule has 1 aliphatic rings. The number of rotatable bonds is 9. The molecule has 35 heavy (non-hydrogen) atoms. The van der Waals surface area contributed by atoms with Crippen molar-refractivity contribution in [2.75, 3.05) is 25.1 Å². The lowest BCUT2D eigenvalue weighted by Gasteiger charge is -2.38. The highest BCUT2D eigenvalue weighted by molar-refractivity contribution is 5.86. The number of nitrogens with one attached hydrogen (secondary N) is 2. The van der Waals surface area contributed by atoms with Crippen molar-refractivity contribution in [2.45, 2.75) is 52.0 Å². The average molecular weight is 480 g/mol. The lowest BCUT2D eigenvalue weighted by atomic mass is 9.95. The van der Waals surface area contributed by atoms with Crippen LogP contribution < -0.4 is 15.5 Å². The van der Waals surface area contributed by atoms with E-state index in [0.717, 1.165) is 23.2 Å². The maximum absolute atomic E-state index is 12.3. The van der Waals surface area contributed by atoms with Crippen molar-refractivity contribution in [2.24, 2.45) is 0 Å². The normalized spacial score (nSPS) is 14.0. The number of aryl methyl sites for hydroxylation is 1. The van der Waals surface area contributed by atoms with Crippen molar-refractivity contribution in [3.8, 4) is 0 Å². The maximum Gasteiger partial charge on any atom is 0.328 e. The van der Waals surface area contributed by atoms with Gasteiger partial charge in [-0.1, -0.05) is 81.8 Å². The fourth-order valence-electron chi connectivity index (χ4n) is 3.67. The summed E-state index contributed by atoms with van der Waals surface area (Å²) in [7, 11) is 1.36. The molecule has 188 valence electrons. The quantitative estimate of drug-likeness (QED) is 0.535. The van der Waals surface area contributed by atoms with Gasteiger partial charge >= 0.3 is 5.97 Å². The first-order valence-electron chi connectivity index (χ1n) is 12.1. The van der Waals surface area contributed by atoms with E-state index in [1.807, 2.05) is 59.5 Å². The molecule has 1 heterocycles. The molecular weight excluding hydrogens is 442 g/mol. The number of esters is 1. The van der Waals surface area contributed by atoms with E-state index in [1.165, 1.54) is 20.0 Å². The first-order chi connectivity index (χ1) is 16.9. The number of benzene rings is 2. The van der Waals surface area contributed by atoms with Crippen LogP contribution in [0.4, 0.5) is 5.69 Å². The largest absolute Gasteiger partial charge is 0.467 e. The minimum atomic E-state index is -0.491. The smallest absolute Gasteiger partial charge is 0.328 e. The van der Waals surface area contributed by atoms with Gasteiger partial charge in [0.15, 0.2) is 0 Å². The number of nitrogens with zero attached hydrogens (tertiary/aromatic N) is 1. The summed E-state index contributed by atoms with van der Waals surface area (Å²) in [6.07, 6.45) is 4.22. The van der Waals surface area contributed by atoms with Crippen LogP contribution in [0.15, 0.2) is 66.9 Å². The zero-order valence-corrected chi connectivity index (χ0v) is 21.0.